The van der Waals surface area contributed by atoms with E-state index in [1.165, 1.54) is 6.07 Å². The topological polar surface area (TPSA) is 72.2 Å². The number of hydrogen-bond donors (Lipinski definition) is 2. The lowest BCUT2D eigenvalue weighted by molar-refractivity contribution is 0.556. The van der Waals surface area contributed by atoms with Crippen LogP contribution in [0.2, 0.25) is 0 Å². The van der Waals surface area contributed by atoms with Gasteiger partial charge in [0.25, 0.3) is 0 Å². The molecule has 0 saturated carbocycles. The van der Waals surface area contributed by atoms with Crippen molar-refractivity contribution in [2.75, 3.05) is 5.73 Å². The predicted octanol–water partition coefficient (Wildman–Crippen LogP) is 1.65. The number of rotatable bonds is 4. The third-order valence-electron chi connectivity index (χ3n) is 2.52. The van der Waals surface area contributed by atoms with Crippen molar-refractivity contribution in [2.45, 2.75) is 38.1 Å². The SMILES string of the molecule is CCC(C)NS(=O)(=O)c1ccc(N)c(C)c1. The summed E-state index contributed by atoms with van der Waals surface area (Å²) < 4.78 is 26.4. The minimum Gasteiger partial charge on any atom is -0.399 e. The lowest BCUT2D eigenvalue weighted by Gasteiger charge is -2.12. The van der Waals surface area contributed by atoms with Gasteiger partial charge in [-0.1, -0.05) is 6.92 Å². The van der Waals surface area contributed by atoms with Crippen LogP contribution < -0.4 is 10.5 Å². The molecule has 0 aliphatic rings. The van der Waals surface area contributed by atoms with Crippen LogP contribution in [0.4, 0.5) is 5.69 Å². The number of sulfonamides is 1. The van der Waals surface area contributed by atoms with Gasteiger partial charge in [-0.05, 0) is 44.0 Å². The Morgan fingerprint density at radius 1 is 1.44 bits per heavy atom. The molecular weight excluding hydrogens is 224 g/mol. The summed E-state index contributed by atoms with van der Waals surface area (Å²) in [6, 6.07) is 4.65. The van der Waals surface area contributed by atoms with E-state index in [1.54, 1.807) is 19.1 Å². The van der Waals surface area contributed by atoms with E-state index in [0.29, 0.717) is 5.69 Å². The monoisotopic (exact) mass is 242 g/mol. The van der Waals surface area contributed by atoms with Gasteiger partial charge in [-0.3, -0.25) is 0 Å². The number of hydrogen-bond acceptors (Lipinski definition) is 3. The first-order chi connectivity index (χ1) is 7.36. The van der Waals surface area contributed by atoms with Crippen LogP contribution in [0.25, 0.3) is 0 Å². The zero-order chi connectivity index (χ0) is 12.3. The molecule has 0 aliphatic carbocycles. The van der Waals surface area contributed by atoms with Gasteiger partial charge < -0.3 is 5.73 Å². The molecule has 1 rings (SSSR count). The molecule has 0 spiro atoms. The summed E-state index contributed by atoms with van der Waals surface area (Å²) in [7, 11) is -3.42. The normalized spacial score (nSPS) is 13.7. The third kappa shape index (κ3) is 2.96. The molecule has 0 amide bonds. The van der Waals surface area contributed by atoms with Crippen LogP contribution >= 0.6 is 0 Å². The second-order valence-electron chi connectivity index (χ2n) is 3.95. The van der Waals surface area contributed by atoms with Gasteiger partial charge in [0.15, 0.2) is 0 Å². The molecule has 0 aromatic heterocycles. The van der Waals surface area contributed by atoms with Crippen LogP contribution in [0.3, 0.4) is 0 Å². The van der Waals surface area contributed by atoms with Crippen molar-refractivity contribution >= 4 is 15.7 Å². The van der Waals surface area contributed by atoms with Crippen molar-refractivity contribution in [3.63, 3.8) is 0 Å². The highest BCUT2D eigenvalue weighted by atomic mass is 32.2. The summed E-state index contributed by atoms with van der Waals surface area (Å²) in [5, 5.41) is 0. The molecule has 16 heavy (non-hydrogen) atoms. The Labute approximate surface area is 96.9 Å². The number of nitrogen functional groups attached to an aromatic ring is 1. The van der Waals surface area contributed by atoms with E-state index >= 15 is 0 Å². The van der Waals surface area contributed by atoms with Crippen molar-refractivity contribution in [1.82, 2.24) is 4.72 Å². The minimum atomic E-state index is -3.42. The van der Waals surface area contributed by atoms with E-state index in [0.717, 1.165) is 12.0 Å². The summed E-state index contributed by atoms with van der Waals surface area (Å²) in [5.74, 6) is 0. The average Bonchev–Trinajstić information content (AvgIpc) is 2.21. The average molecular weight is 242 g/mol. The number of benzene rings is 1. The van der Waals surface area contributed by atoms with Gasteiger partial charge in [0.2, 0.25) is 10.0 Å². The minimum absolute atomic E-state index is 0.0668. The van der Waals surface area contributed by atoms with E-state index in [9.17, 15) is 8.42 Å². The Hall–Kier alpha value is -1.07. The fraction of sp³-hybridized carbons (Fsp3) is 0.455. The van der Waals surface area contributed by atoms with Crippen LogP contribution in [-0.4, -0.2) is 14.5 Å². The van der Waals surface area contributed by atoms with Crippen LogP contribution in [0.5, 0.6) is 0 Å². The van der Waals surface area contributed by atoms with Gasteiger partial charge in [-0.25, -0.2) is 13.1 Å². The van der Waals surface area contributed by atoms with Crippen LogP contribution in [0.1, 0.15) is 25.8 Å². The summed E-state index contributed by atoms with van der Waals surface area (Å²) >= 11 is 0. The molecule has 1 atom stereocenters. The van der Waals surface area contributed by atoms with Crippen molar-refractivity contribution in [1.29, 1.82) is 0 Å². The molecular formula is C11H18N2O2S. The molecule has 5 heteroatoms. The molecule has 1 aromatic carbocycles. The lowest BCUT2D eigenvalue weighted by atomic mass is 10.2. The zero-order valence-corrected chi connectivity index (χ0v) is 10.6. The molecule has 0 saturated heterocycles. The Balaban J connectivity index is 3.03. The molecule has 0 radical (unpaired) electrons. The molecule has 1 aromatic rings. The van der Waals surface area contributed by atoms with Crippen LogP contribution in [0.15, 0.2) is 23.1 Å². The van der Waals surface area contributed by atoms with Gasteiger partial charge in [-0.15, -0.1) is 0 Å². The second kappa shape index (κ2) is 4.84. The first-order valence-electron chi connectivity index (χ1n) is 5.25. The van der Waals surface area contributed by atoms with Crippen molar-refractivity contribution in [3.05, 3.63) is 23.8 Å². The predicted molar refractivity (Wildman–Crippen MR) is 65.7 cm³/mol. The Kier molecular flexibility index (Phi) is 3.93. The van der Waals surface area contributed by atoms with Crippen molar-refractivity contribution in [3.8, 4) is 0 Å². The first kappa shape index (κ1) is 13.0. The highest BCUT2D eigenvalue weighted by molar-refractivity contribution is 7.89. The second-order valence-corrected chi connectivity index (χ2v) is 5.66. The van der Waals surface area contributed by atoms with Crippen molar-refractivity contribution < 1.29 is 8.42 Å². The summed E-state index contributed by atoms with van der Waals surface area (Å²) in [4.78, 5) is 0.263. The molecule has 3 N–H and O–H groups in total. The summed E-state index contributed by atoms with van der Waals surface area (Å²) in [5.41, 5.74) is 7.01. The van der Waals surface area contributed by atoms with E-state index in [1.807, 2.05) is 13.8 Å². The number of anilines is 1. The zero-order valence-electron chi connectivity index (χ0n) is 9.82. The number of aryl methyl sites for hydroxylation is 1. The molecule has 0 bridgehead atoms. The largest absolute Gasteiger partial charge is 0.399 e. The smallest absolute Gasteiger partial charge is 0.240 e. The van der Waals surface area contributed by atoms with Crippen LogP contribution in [-0.2, 0) is 10.0 Å². The van der Waals surface area contributed by atoms with E-state index in [2.05, 4.69) is 4.72 Å². The van der Waals surface area contributed by atoms with Gasteiger partial charge >= 0.3 is 0 Å². The van der Waals surface area contributed by atoms with Gasteiger partial charge in [0.1, 0.15) is 0 Å². The molecule has 1 unspecified atom stereocenters. The van der Waals surface area contributed by atoms with Gasteiger partial charge in [-0.2, -0.15) is 0 Å². The molecule has 0 heterocycles. The third-order valence-corrected chi connectivity index (χ3v) is 4.11. The quantitative estimate of drug-likeness (QED) is 0.789. The molecule has 0 aliphatic heterocycles. The molecule has 0 fully saturated rings. The highest BCUT2D eigenvalue weighted by Crippen LogP contribution is 2.17. The molecule has 90 valence electrons. The fourth-order valence-corrected chi connectivity index (χ4v) is 2.64. The Bertz CT molecular complexity index is 469. The fourth-order valence-electron chi connectivity index (χ4n) is 1.23. The van der Waals surface area contributed by atoms with E-state index in [4.69, 9.17) is 5.73 Å². The Morgan fingerprint density at radius 3 is 2.56 bits per heavy atom. The summed E-state index contributed by atoms with van der Waals surface area (Å²) in [6.07, 6.45) is 0.757. The number of nitrogens with one attached hydrogen (secondary N) is 1. The summed E-state index contributed by atoms with van der Waals surface area (Å²) in [6.45, 7) is 5.56. The molecule has 4 nitrogen and oxygen atoms in total. The van der Waals surface area contributed by atoms with E-state index < -0.39 is 10.0 Å². The first-order valence-corrected chi connectivity index (χ1v) is 6.73. The Morgan fingerprint density at radius 2 is 2.06 bits per heavy atom. The van der Waals surface area contributed by atoms with Crippen molar-refractivity contribution in [2.24, 2.45) is 0 Å². The van der Waals surface area contributed by atoms with Gasteiger partial charge in [0.05, 0.1) is 4.90 Å². The van der Waals surface area contributed by atoms with E-state index in [-0.39, 0.29) is 10.9 Å². The maximum absolute atomic E-state index is 11.9. The maximum Gasteiger partial charge on any atom is 0.240 e. The van der Waals surface area contributed by atoms with Gasteiger partial charge in [0, 0.05) is 11.7 Å². The highest BCUT2D eigenvalue weighted by Gasteiger charge is 2.16. The van der Waals surface area contributed by atoms with Crippen LogP contribution in [0, 0.1) is 6.92 Å². The number of nitrogens with two attached hydrogens (primary N) is 1. The maximum atomic E-state index is 11.9. The standard InChI is InChI=1S/C11H18N2O2S/c1-4-9(3)13-16(14,15)10-5-6-11(12)8(2)7-10/h5-7,9,13H,4,12H2,1-3H3. The lowest BCUT2D eigenvalue weighted by Crippen LogP contribution is -2.32.